The molecule has 1 aliphatic rings. The van der Waals surface area contributed by atoms with E-state index in [1.807, 2.05) is 6.07 Å². The molecule has 2 rings (SSSR count). The van der Waals surface area contributed by atoms with Crippen LogP contribution in [0.4, 0.5) is 14.5 Å². The maximum atomic E-state index is 14.9. The standard InChI is InChI=1S/C20H22ClF2IN2O/c1-5-17(22)19(23)20(12(2)13(3)25-27-11-14-6-7-14)26(4)18-9-8-15(24)10-16(18)21/h5,8-10,14,25H,2-3,6-7,11H2,1,4H3/b17-5+,20-19-. The van der Waals surface area contributed by atoms with Crippen LogP contribution in [0.1, 0.15) is 19.8 Å². The summed E-state index contributed by atoms with van der Waals surface area (Å²) < 4.78 is 29.8. The van der Waals surface area contributed by atoms with Gasteiger partial charge in [0.25, 0.3) is 0 Å². The molecule has 1 aromatic rings. The van der Waals surface area contributed by atoms with Crippen LogP contribution in [0, 0.1) is 9.49 Å². The molecule has 7 heteroatoms. The predicted octanol–water partition coefficient (Wildman–Crippen LogP) is 6.44. The molecule has 0 amide bonds. The highest BCUT2D eigenvalue weighted by Gasteiger charge is 2.24. The number of allylic oxidation sites excluding steroid dienone is 3. The second-order valence-corrected chi connectivity index (χ2v) is 7.92. The first-order chi connectivity index (χ1) is 12.8. The van der Waals surface area contributed by atoms with E-state index in [0.717, 1.165) is 22.5 Å². The fourth-order valence-electron chi connectivity index (χ4n) is 2.33. The maximum Gasteiger partial charge on any atom is 0.182 e. The third-order valence-corrected chi connectivity index (χ3v) is 5.11. The van der Waals surface area contributed by atoms with Crippen molar-refractivity contribution in [2.75, 3.05) is 18.6 Å². The minimum Gasteiger partial charge on any atom is -0.340 e. The molecular formula is C20H22ClF2IN2O. The van der Waals surface area contributed by atoms with E-state index in [4.69, 9.17) is 16.4 Å². The molecule has 0 aromatic heterocycles. The summed E-state index contributed by atoms with van der Waals surface area (Å²) in [5.74, 6) is -1.50. The van der Waals surface area contributed by atoms with Gasteiger partial charge in [0.1, 0.15) is 0 Å². The van der Waals surface area contributed by atoms with E-state index in [1.165, 1.54) is 11.8 Å². The van der Waals surface area contributed by atoms with E-state index in [9.17, 15) is 8.78 Å². The van der Waals surface area contributed by atoms with Crippen LogP contribution in [0.25, 0.3) is 0 Å². The number of nitrogens with zero attached hydrogens (tertiary/aromatic N) is 1. The third kappa shape index (κ3) is 5.80. The molecule has 0 unspecified atom stereocenters. The number of hydrogen-bond acceptors (Lipinski definition) is 3. The average Bonchev–Trinajstić information content (AvgIpc) is 3.44. The first-order valence-corrected chi connectivity index (χ1v) is 9.89. The molecule has 27 heavy (non-hydrogen) atoms. The van der Waals surface area contributed by atoms with Crippen LogP contribution in [0.3, 0.4) is 0 Å². The number of hydroxylamine groups is 1. The Kier molecular flexibility index (Phi) is 7.88. The second kappa shape index (κ2) is 9.71. The number of benzene rings is 1. The Bertz CT molecular complexity index is 803. The van der Waals surface area contributed by atoms with Gasteiger partial charge in [-0.2, -0.15) is 0 Å². The number of rotatable bonds is 9. The molecule has 0 bridgehead atoms. The zero-order valence-corrected chi connectivity index (χ0v) is 18.2. The molecule has 3 nitrogen and oxygen atoms in total. The lowest BCUT2D eigenvalue weighted by molar-refractivity contribution is 0.0567. The molecule has 0 atom stereocenters. The fourth-order valence-corrected chi connectivity index (χ4v) is 3.31. The van der Waals surface area contributed by atoms with Crippen LogP contribution < -0.4 is 10.4 Å². The molecule has 0 radical (unpaired) electrons. The summed E-state index contributed by atoms with van der Waals surface area (Å²) in [5, 5.41) is 0.409. The highest BCUT2D eigenvalue weighted by atomic mass is 127. The zero-order chi connectivity index (χ0) is 20.1. The Morgan fingerprint density at radius 1 is 1.41 bits per heavy atom. The van der Waals surface area contributed by atoms with Crippen molar-refractivity contribution in [3.8, 4) is 0 Å². The quantitative estimate of drug-likeness (QED) is 0.237. The summed E-state index contributed by atoms with van der Waals surface area (Å²) >= 11 is 8.43. The van der Waals surface area contributed by atoms with Crippen molar-refractivity contribution in [1.29, 1.82) is 0 Å². The summed E-state index contributed by atoms with van der Waals surface area (Å²) in [4.78, 5) is 6.82. The summed E-state index contributed by atoms with van der Waals surface area (Å²) in [5.41, 5.74) is 3.52. The summed E-state index contributed by atoms with van der Waals surface area (Å²) in [6.45, 7) is 9.67. The number of anilines is 1. The van der Waals surface area contributed by atoms with Gasteiger partial charge in [-0.05, 0) is 72.5 Å². The molecule has 146 valence electrons. The SMILES string of the molecule is C=C(NOCC1CC1)C(=C)/C(=C(F)\C(F)=C/C)N(C)c1ccc(I)cc1Cl. The minimum atomic E-state index is -1.05. The molecule has 1 fully saturated rings. The summed E-state index contributed by atoms with van der Waals surface area (Å²) in [6.07, 6.45) is 3.32. The number of halogens is 4. The van der Waals surface area contributed by atoms with E-state index in [-0.39, 0.29) is 17.0 Å². The van der Waals surface area contributed by atoms with Crippen LogP contribution in [0.2, 0.25) is 5.02 Å². The molecule has 1 saturated carbocycles. The van der Waals surface area contributed by atoms with Gasteiger partial charge < -0.3 is 4.90 Å². The Labute approximate surface area is 177 Å². The molecule has 0 saturated heterocycles. The molecule has 0 spiro atoms. The van der Waals surface area contributed by atoms with E-state index in [2.05, 4.69) is 41.2 Å². The lowest BCUT2D eigenvalue weighted by Gasteiger charge is -2.27. The van der Waals surface area contributed by atoms with Gasteiger partial charge in [-0.15, -0.1) is 0 Å². The van der Waals surface area contributed by atoms with Gasteiger partial charge in [0.15, 0.2) is 11.7 Å². The Morgan fingerprint density at radius 3 is 2.63 bits per heavy atom. The van der Waals surface area contributed by atoms with E-state index in [1.54, 1.807) is 19.2 Å². The van der Waals surface area contributed by atoms with Crippen LogP contribution in [0.5, 0.6) is 0 Å². The Morgan fingerprint density at radius 2 is 2.07 bits per heavy atom. The van der Waals surface area contributed by atoms with Crippen molar-refractivity contribution >= 4 is 39.9 Å². The number of hydrogen-bond donors (Lipinski definition) is 1. The van der Waals surface area contributed by atoms with E-state index < -0.39 is 11.7 Å². The van der Waals surface area contributed by atoms with E-state index in [0.29, 0.717) is 23.2 Å². The highest BCUT2D eigenvalue weighted by Crippen LogP contribution is 2.35. The zero-order valence-electron chi connectivity index (χ0n) is 15.3. The minimum absolute atomic E-state index is 0.0822. The van der Waals surface area contributed by atoms with Crippen molar-refractivity contribution in [2.24, 2.45) is 5.92 Å². The highest BCUT2D eigenvalue weighted by molar-refractivity contribution is 14.1. The molecule has 0 aliphatic heterocycles. The van der Waals surface area contributed by atoms with Gasteiger partial charge in [-0.25, -0.2) is 8.78 Å². The normalized spacial score (nSPS) is 15.3. The van der Waals surface area contributed by atoms with Crippen LogP contribution in [0.15, 0.2) is 66.1 Å². The Hall–Kier alpha value is -1.38. The topological polar surface area (TPSA) is 24.5 Å². The predicted molar refractivity (Wildman–Crippen MR) is 116 cm³/mol. The number of nitrogens with one attached hydrogen (secondary N) is 1. The first-order valence-electron chi connectivity index (χ1n) is 8.43. The maximum absolute atomic E-state index is 14.9. The van der Waals surface area contributed by atoms with Gasteiger partial charge in [-0.3, -0.25) is 10.3 Å². The van der Waals surface area contributed by atoms with Gasteiger partial charge in [0.2, 0.25) is 0 Å². The van der Waals surface area contributed by atoms with Crippen molar-refractivity contribution in [3.05, 3.63) is 74.6 Å². The molecule has 1 N–H and O–H groups in total. The third-order valence-electron chi connectivity index (χ3n) is 4.14. The van der Waals surface area contributed by atoms with Gasteiger partial charge in [0, 0.05) is 16.2 Å². The summed E-state index contributed by atoms with van der Waals surface area (Å²) in [6, 6.07) is 5.30. The van der Waals surface area contributed by atoms with E-state index >= 15 is 0 Å². The first kappa shape index (κ1) is 21.9. The average molecular weight is 507 g/mol. The smallest absolute Gasteiger partial charge is 0.182 e. The van der Waals surface area contributed by atoms with Gasteiger partial charge in [-0.1, -0.05) is 24.8 Å². The Balaban J connectivity index is 2.32. The van der Waals surface area contributed by atoms with Gasteiger partial charge in [0.05, 0.1) is 28.7 Å². The van der Waals surface area contributed by atoms with Crippen molar-refractivity contribution in [3.63, 3.8) is 0 Å². The molecule has 0 heterocycles. The second-order valence-electron chi connectivity index (χ2n) is 6.27. The van der Waals surface area contributed by atoms with Crippen molar-refractivity contribution in [1.82, 2.24) is 5.48 Å². The summed E-state index contributed by atoms with van der Waals surface area (Å²) in [7, 11) is 1.59. The number of likely N-dealkylation sites (N-methyl/N-ethyl adjacent to an activating group) is 1. The largest absolute Gasteiger partial charge is 0.340 e. The molecule has 1 aliphatic carbocycles. The van der Waals surface area contributed by atoms with Crippen LogP contribution in [-0.4, -0.2) is 13.7 Å². The fraction of sp³-hybridized carbons (Fsp3) is 0.300. The lowest BCUT2D eigenvalue weighted by Crippen LogP contribution is -2.24. The monoisotopic (exact) mass is 506 g/mol. The molecular weight excluding hydrogens is 485 g/mol. The van der Waals surface area contributed by atoms with Crippen molar-refractivity contribution < 1.29 is 13.6 Å². The van der Waals surface area contributed by atoms with Crippen LogP contribution >= 0.6 is 34.2 Å². The van der Waals surface area contributed by atoms with Gasteiger partial charge >= 0.3 is 0 Å². The lowest BCUT2D eigenvalue weighted by atomic mass is 10.1. The molecule has 1 aromatic carbocycles. The van der Waals surface area contributed by atoms with Crippen molar-refractivity contribution in [2.45, 2.75) is 19.8 Å². The van der Waals surface area contributed by atoms with Crippen LogP contribution in [-0.2, 0) is 4.84 Å².